The number of anilines is 1. The number of phenolic OH excluding ortho intramolecular Hbond substituents is 1. The van der Waals surface area contributed by atoms with Crippen LogP contribution in [0.25, 0.3) is 11.3 Å². The van der Waals surface area contributed by atoms with Gasteiger partial charge in [-0.05, 0) is 30.3 Å². The first-order valence-corrected chi connectivity index (χ1v) is 9.32. The number of benzene rings is 2. The van der Waals surface area contributed by atoms with Crippen LogP contribution in [-0.2, 0) is 9.53 Å². The Hall–Kier alpha value is -3.59. The number of ether oxygens (including phenoxy) is 3. The molecule has 8 nitrogen and oxygen atoms in total. The second-order valence-electron chi connectivity index (χ2n) is 5.75. The molecule has 0 saturated heterocycles. The highest BCUT2D eigenvalue weighted by atomic mass is 32.1. The van der Waals surface area contributed by atoms with Gasteiger partial charge >= 0.3 is 5.97 Å². The smallest absolute Gasteiger partial charge is 0.342 e. The van der Waals surface area contributed by atoms with Gasteiger partial charge in [0, 0.05) is 10.9 Å². The number of carbonyl (C=O) groups is 2. The molecule has 2 aromatic carbocycles. The molecule has 9 heteroatoms. The lowest BCUT2D eigenvalue weighted by atomic mass is 10.1. The Kier molecular flexibility index (Phi) is 6.30. The van der Waals surface area contributed by atoms with Crippen LogP contribution in [0.2, 0.25) is 0 Å². The third-order valence-electron chi connectivity index (χ3n) is 3.89. The largest absolute Gasteiger partial charge is 0.507 e. The third-order valence-corrected chi connectivity index (χ3v) is 4.65. The monoisotopic (exact) mass is 414 g/mol. The first kappa shape index (κ1) is 20.2. The lowest BCUT2D eigenvalue weighted by molar-refractivity contribution is -0.119. The maximum absolute atomic E-state index is 12.0. The van der Waals surface area contributed by atoms with Crippen molar-refractivity contribution in [1.29, 1.82) is 0 Å². The van der Waals surface area contributed by atoms with Crippen LogP contribution in [0.1, 0.15) is 10.4 Å². The van der Waals surface area contributed by atoms with Crippen molar-refractivity contribution in [3.63, 3.8) is 0 Å². The number of hydrogen-bond acceptors (Lipinski definition) is 8. The van der Waals surface area contributed by atoms with E-state index in [9.17, 15) is 14.7 Å². The minimum Gasteiger partial charge on any atom is -0.507 e. The van der Waals surface area contributed by atoms with Crippen LogP contribution in [0.4, 0.5) is 5.13 Å². The van der Waals surface area contributed by atoms with Crippen molar-refractivity contribution in [3.8, 4) is 28.5 Å². The zero-order chi connectivity index (χ0) is 20.8. The average Bonchev–Trinajstić information content (AvgIpc) is 3.20. The van der Waals surface area contributed by atoms with Crippen molar-refractivity contribution >= 4 is 28.3 Å². The Labute approximate surface area is 170 Å². The van der Waals surface area contributed by atoms with Gasteiger partial charge in [-0.3, -0.25) is 10.1 Å². The fourth-order valence-corrected chi connectivity index (χ4v) is 3.21. The highest BCUT2D eigenvalue weighted by Crippen LogP contribution is 2.33. The van der Waals surface area contributed by atoms with Gasteiger partial charge in [-0.1, -0.05) is 12.1 Å². The van der Waals surface area contributed by atoms with Crippen LogP contribution in [0.15, 0.2) is 47.8 Å². The lowest BCUT2D eigenvalue weighted by Gasteiger charge is -2.08. The van der Waals surface area contributed by atoms with E-state index in [4.69, 9.17) is 14.2 Å². The van der Waals surface area contributed by atoms with Crippen LogP contribution in [-0.4, -0.2) is 42.8 Å². The Morgan fingerprint density at radius 2 is 1.86 bits per heavy atom. The molecule has 150 valence electrons. The summed E-state index contributed by atoms with van der Waals surface area (Å²) in [5.41, 5.74) is 1.44. The number of amides is 1. The number of aromatic nitrogens is 1. The van der Waals surface area contributed by atoms with Crippen molar-refractivity contribution in [2.24, 2.45) is 0 Å². The van der Waals surface area contributed by atoms with E-state index in [0.717, 1.165) is 5.56 Å². The molecule has 0 saturated carbocycles. The number of rotatable bonds is 7. The zero-order valence-corrected chi connectivity index (χ0v) is 16.5. The van der Waals surface area contributed by atoms with Gasteiger partial charge in [0.25, 0.3) is 5.91 Å². The minimum absolute atomic E-state index is 0.00899. The van der Waals surface area contributed by atoms with Gasteiger partial charge in [-0.15, -0.1) is 11.3 Å². The number of phenols is 1. The molecular weight excluding hydrogens is 396 g/mol. The maximum Gasteiger partial charge on any atom is 0.342 e. The molecule has 3 rings (SSSR count). The number of nitrogens with one attached hydrogen (secondary N) is 1. The summed E-state index contributed by atoms with van der Waals surface area (Å²) in [6.07, 6.45) is 0. The number of esters is 1. The molecule has 2 N–H and O–H groups in total. The predicted octanol–water partition coefficient (Wildman–Crippen LogP) is 3.33. The summed E-state index contributed by atoms with van der Waals surface area (Å²) in [5.74, 6) is -0.367. The number of carbonyl (C=O) groups excluding carboxylic acids is 2. The Morgan fingerprint density at radius 1 is 1.10 bits per heavy atom. The van der Waals surface area contributed by atoms with E-state index in [2.05, 4.69) is 10.3 Å². The molecule has 0 unspecified atom stereocenters. The topological polar surface area (TPSA) is 107 Å². The summed E-state index contributed by atoms with van der Waals surface area (Å²) in [5, 5.41) is 14.4. The molecule has 0 fully saturated rings. The van der Waals surface area contributed by atoms with Gasteiger partial charge in [-0.2, -0.15) is 0 Å². The Balaban J connectivity index is 1.61. The number of aromatic hydroxyl groups is 1. The molecule has 0 aliphatic heterocycles. The zero-order valence-electron chi connectivity index (χ0n) is 15.7. The molecule has 1 amide bonds. The SMILES string of the molecule is COc1ccc(-c2csc(NC(=O)COC(=O)c3ccccc3O)n2)cc1OC. The van der Waals surface area contributed by atoms with Gasteiger partial charge in [0.15, 0.2) is 23.2 Å². The fourth-order valence-electron chi connectivity index (χ4n) is 2.47. The molecular formula is C20H18N2O6S. The van der Waals surface area contributed by atoms with Crippen LogP contribution in [0.3, 0.4) is 0 Å². The Bertz CT molecular complexity index is 1030. The van der Waals surface area contributed by atoms with E-state index in [1.54, 1.807) is 43.9 Å². The average molecular weight is 414 g/mol. The summed E-state index contributed by atoms with van der Waals surface area (Å²) in [4.78, 5) is 28.3. The summed E-state index contributed by atoms with van der Waals surface area (Å²) in [6.45, 7) is -0.502. The molecule has 0 atom stereocenters. The van der Waals surface area contributed by atoms with Crippen LogP contribution in [0, 0.1) is 0 Å². The second-order valence-corrected chi connectivity index (χ2v) is 6.61. The standard InChI is InChI=1S/C20H18N2O6S/c1-26-16-8-7-12(9-17(16)27-2)14-11-29-20(21-14)22-18(24)10-28-19(25)13-5-3-4-6-15(13)23/h3-9,11,23H,10H2,1-2H3,(H,21,22,24). The molecule has 0 aliphatic rings. The fraction of sp³-hybridized carbons (Fsp3) is 0.150. The normalized spacial score (nSPS) is 10.3. The van der Waals surface area contributed by atoms with Gasteiger partial charge < -0.3 is 19.3 Å². The lowest BCUT2D eigenvalue weighted by Crippen LogP contribution is -2.20. The number of thiazole rings is 1. The first-order valence-electron chi connectivity index (χ1n) is 8.44. The van der Waals surface area contributed by atoms with Gasteiger partial charge in [0.05, 0.1) is 19.9 Å². The highest BCUT2D eigenvalue weighted by Gasteiger charge is 2.15. The quantitative estimate of drug-likeness (QED) is 0.571. The number of methoxy groups -OCH3 is 2. The molecule has 1 aromatic heterocycles. The van der Waals surface area contributed by atoms with Crippen molar-refractivity contribution in [1.82, 2.24) is 4.98 Å². The Morgan fingerprint density at radius 3 is 2.59 bits per heavy atom. The number of nitrogens with zero attached hydrogens (tertiary/aromatic N) is 1. The van der Waals surface area contributed by atoms with Gasteiger partial charge in [-0.25, -0.2) is 9.78 Å². The van der Waals surface area contributed by atoms with E-state index in [0.29, 0.717) is 22.3 Å². The number of hydrogen-bond donors (Lipinski definition) is 2. The summed E-state index contributed by atoms with van der Waals surface area (Å²) >= 11 is 1.23. The van der Waals surface area contributed by atoms with Crippen LogP contribution >= 0.6 is 11.3 Å². The maximum atomic E-state index is 12.0. The highest BCUT2D eigenvalue weighted by molar-refractivity contribution is 7.14. The summed E-state index contributed by atoms with van der Waals surface area (Å²) in [7, 11) is 3.10. The van der Waals surface area contributed by atoms with Crippen molar-refractivity contribution in [2.75, 3.05) is 26.1 Å². The summed E-state index contributed by atoms with van der Waals surface area (Å²) < 4.78 is 15.4. The van der Waals surface area contributed by atoms with E-state index < -0.39 is 18.5 Å². The molecule has 0 aliphatic carbocycles. The van der Waals surface area contributed by atoms with E-state index in [1.165, 1.54) is 23.5 Å². The van der Waals surface area contributed by atoms with E-state index in [-0.39, 0.29) is 11.3 Å². The van der Waals surface area contributed by atoms with E-state index >= 15 is 0 Å². The van der Waals surface area contributed by atoms with Crippen LogP contribution < -0.4 is 14.8 Å². The molecule has 0 spiro atoms. The van der Waals surface area contributed by atoms with Gasteiger partial charge in [0.1, 0.15) is 11.3 Å². The number of para-hydroxylation sites is 1. The van der Waals surface area contributed by atoms with Crippen LogP contribution in [0.5, 0.6) is 17.2 Å². The van der Waals surface area contributed by atoms with E-state index in [1.807, 2.05) is 6.07 Å². The minimum atomic E-state index is -0.789. The van der Waals surface area contributed by atoms with Crippen molar-refractivity contribution < 1.29 is 28.9 Å². The molecule has 0 radical (unpaired) electrons. The molecule has 1 heterocycles. The van der Waals surface area contributed by atoms with Crippen molar-refractivity contribution in [2.45, 2.75) is 0 Å². The molecule has 0 bridgehead atoms. The summed E-state index contributed by atoms with van der Waals surface area (Å²) in [6, 6.07) is 11.3. The first-order chi connectivity index (χ1) is 14.0. The molecule has 29 heavy (non-hydrogen) atoms. The predicted molar refractivity (Wildman–Crippen MR) is 108 cm³/mol. The molecule has 3 aromatic rings. The van der Waals surface area contributed by atoms with Gasteiger partial charge in [0.2, 0.25) is 0 Å². The second kappa shape index (κ2) is 9.07. The van der Waals surface area contributed by atoms with Crippen molar-refractivity contribution in [3.05, 3.63) is 53.4 Å². The third kappa shape index (κ3) is 4.82.